The number of carbonyl (C=O) groups is 2. The van der Waals surface area contributed by atoms with Crippen molar-refractivity contribution in [1.82, 2.24) is 0 Å². The molecule has 0 amide bonds. The highest BCUT2D eigenvalue weighted by molar-refractivity contribution is 5.81. The van der Waals surface area contributed by atoms with Crippen LogP contribution in [-0.4, -0.2) is 11.9 Å². The van der Waals surface area contributed by atoms with E-state index in [2.05, 4.69) is 0 Å². The van der Waals surface area contributed by atoms with E-state index in [0.29, 0.717) is 12.0 Å². The highest BCUT2D eigenvalue weighted by Crippen LogP contribution is 2.34. The Bertz CT molecular complexity index is 621. The van der Waals surface area contributed by atoms with Gasteiger partial charge in [-0.05, 0) is 59.6 Å². The summed E-state index contributed by atoms with van der Waals surface area (Å²) < 4.78 is 24.9. The summed E-state index contributed by atoms with van der Waals surface area (Å²) in [6.07, 6.45) is 1.24. The average Bonchev–Trinajstić information content (AvgIpc) is 2.41. The monoisotopic (exact) mass is 337 g/mol. The Morgan fingerprint density at radius 3 is 1.71 bits per heavy atom. The number of hydrogen-bond donors (Lipinski definition) is 0. The Hall–Kier alpha value is -1.91. The molecule has 0 saturated carbocycles. The molecule has 0 atom stereocenters. The van der Waals surface area contributed by atoms with Gasteiger partial charge in [-0.15, -0.1) is 0 Å². The zero-order valence-electron chi connectivity index (χ0n) is 15.6. The first kappa shape index (κ1) is 20.1. The van der Waals surface area contributed by atoms with Gasteiger partial charge < -0.3 is 9.47 Å². The molecule has 0 fully saturated rings. The molecule has 0 aliphatic carbocycles. The van der Waals surface area contributed by atoms with Gasteiger partial charge in [-0.3, -0.25) is 9.59 Å². The van der Waals surface area contributed by atoms with Gasteiger partial charge in [0.15, 0.2) is 11.5 Å². The standard InChI is InChI=1S/C19H27FO4/c1-8-9-12-10-14(23-16(21)18(2,3)4)15(11-13(12)20)24-17(22)19(5,6)7/h10-11H,8-9H2,1-7H3/i20-1. The van der Waals surface area contributed by atoms with Crippen molar-refractivity contribution in [2.45, 2.75) is 61.3 Å². The topological polar surface area (TPSA) is 52.6 Å². The summed E-state index contributed by atoms with van der Waals surface area (Å²) in [6, 6.07) is 2.55. The number of rotatable bonds is 4. The van der Waals surface area contributed by atoms with Gasteiger partial charge in [0.25, 0.3) is 0 Å². The van der Waals surface area contributed by atoms with Gasteiger partial charge in [-0.2, -0.15) is 0 Å². The van der Waals surface area contributed by atoms with Crippen molar-refractivity contribution in [1.29, 1.82) is 0 Å². The van der Waals surface area contributed by atoms with Crippen LogP contribution in [0.2, 0.25) is 0 Å². The fourth-order valence-corrected chi connectivity index (χ4v) is 1.70. The molecule has 0 radical (unpaired) electrons. The van der Waals surface area contributed by atoms with Crippen molar-refractivity contribution in [2.75, 3.05) is 0 Å². The molecule has 0 saturated heterocycles. The SMILES string of the molecule is CCCc1cc(OC(=O)C(C)(C)C)c(OC(=O)C(C)(C)C)cc1[18F]. The van der Waals surface area contributed by atoms with Crippen LogP contribution in [0.3, 0.4) is 0 Å². The molecule has 0 bridgehead atoms. The minimum Gasteiger partial charge on any atom is -0.422 e. The maximum Gasteiger partial charge on any atom is 0.316 e. The number of aryl methyl sites for hydroxylation is 1. The number of esters is 2. The first-order valence-corrected chi connectivity index (χ1v) is 8.13. The summed E-state index contributed by atoms with van der Waals surface area (Å²) in [4.78, 5) is 24.3. The average molecular weight is 337 g/mol. The first-order valence-electron chi connectivity index (χ1n) is 8.13. The second-order valence-corrected chi connectivity index (χ2v) is 7.92. The minimum absolute atomic E-state index is 0.0670. The summed E-state index contributed by atoms with van der Waals surface area (Å²) >= 11 is 0. The van der Waals surface area contributed by atoms with Crippen molar-refractivity contribution < 1.29 is 23.5 Å². The molecule has 0 spiro atoms. The van der Waals surface area contributed by atoms with Crippen LogP contribution in [0.1, 0.15) is 60.5 Å². The number of ether oxygens (including phenoxy) is 2. The van der Waals surface area contributed by atoms with Crippen molar-refractivity contribution in [2.24, 2.45) is 10.8 Å². The third-order valence-corrected chi connectivity index (χ3v) is 3.26. The third-order valence-electron chi connectivity index (χ3n) is 3.26. The number of carbonyl (C=O) groups excluding carboxylic acids is 2. The largest absolute Gasteiger partial charge is 0.422 e. The van der Waals surface area contributed by atoms with E-state index in [4.69, 9.17) is 9.47 Å². The van der Waals surface area contributed by atoms with Crippen LogP contribution in [0.4, 0.5) is 4.39 Å². The van der Waals surface area contributed by atoms with Gasteiger partial charge in [-0.1, -0.05) is 13.3 Å². The summed E-state index contributed by atoms with van der Waals surface area (Å²) in [5.74, 6) is -1.51. The van der Waals surface area contributed by atoms with E-state index >= 15 is 0 Å². The van der Waals surface area contributed by atoms with Gasteiger partial charge in [0, 0.05) is 6.07 Å². The van der Waals surface area contributed by atoms with Crippen LogP contribution in [0, 0.1) is 16.6 Å². The summed E-state index contributed by atoms with van der Waals surface area (Å²) in [5, 5.41) is 0. The molecule has 24 heavy (non-hydrogen) atoms. The molecule has 0 N–H and O–H groups in total. The lowest BCUT2D eigenvalue weighted by Gasteiger charge is -2.21. The predicted molar refractivity (Wildman–Crippen MR) is 90.6 cm³/mol. The predicted octanol–water partition coefficient (Wildman–Crippen LogP) is 4.68. The lowest BCUT2D eigenvalue weighted by molar-refractivity contribution is -0.145. The lowest BCUT2D eigenvalue weighted by Crippen LogP contribution is -2.28. The first-order chi connectivity index (χ1) is 10.9. The molecule has 1 aromatic carbocycles. The summed E-state index contributed by atoms with van der Waals surface area (Å²) in [6.45, 7) is 12.1. The zero-order chi connectivity index (χ0) is 18.7. The molecular formula is C19H27FO4. The molecule has 0 aliphatic heterocycles. The molecular weight excluding hydrogens is 310 g/mol. The van der Waals surface area contributed by atoms with E-state index in [9.17, 15) is 14.0 Å². The number of halogens is 1. The molecule has 5 heteroatoms. The zero-order valence-corrected chi connectivity index (χ0v) is 15.6. The van der Waals surface area contributed by atoms with E-state index in [0.717, 1.165) is 12.5 Å². The minimum atomic E-state index is -0.760. The number of hydrogen-bond acceptors (Lipinski definition) is 4. The lowest BCUT2D eigenvalue weighted by atomic mass is 9.97. The molecule has 0 heterocycles. The van der Waals surface area contributed by atoms with E-state index in [-0.39, 0.29) is 11.5 Å². The Morgan fingerprint density at radius 1 is 0.917 bits per heavy atom. The van der Waals surface area contributed by atoms with Crippen LogP contribution in [0.15, 0.2) is 12.1 Å². The molecule has 1 rings (SSSR count). The third kappa shape index (κ3) is 5.32. The normalized spacial score (nSPS) is 12.0. The Kier molecular flexibility index (Phi) is 6.15. The van der Waals surface area contributed by atoms with Gasteiger partial charge in [0.2, 0.25) is 0 Å². The van der Waals surface area contributed by atoms with E-state index in [1.54, 1.807) is 41.5 Å². The van der Waals surface area contributed by atoms with Crippen molar-refractivity contribution >= 4 is 11.9 Å². The van der Waals surface area contributed by atoms with Crippen molar-refractivity contribution in [3.63, 3.8) is 0 Å². The van der Waals surface area contributed by atoms with Crippen LogP contribution in [0.25, 0.3) is 0 Å². The Balaban J connectivity index is 3.27. The maximum atomic E-state index is 14.2. The van der Waals surface area contributed by atoms with Gasteiger partial charge in [-0.25, -0.2) is 4.39 Å². The molecule has 0 aliphatic rings. The molecule has 0 aromatic heterocycles. The smallest absolute Gasteiger partial charge is 0.316 e. The molecule has 1 aromatic rings. The van der Waals surface area contributed by atoms with E-state index < -0.39 is 28.6 Å². The maximum absolute atomic E-state index is 14.2. The van der Waals surface area contributed by atoms with E-state index in [1.165, 1.54) is 6.07 Å². The van der Waals surface area contributed by atoms with Crippen LogP contribution in [-0.2, 0) is 16.0 Å². The van der Waals surface area contributed by atoms with Crippen molar-refractivity contribution in [3.8, 4) is 11.5 Å². The van der Waals surface area contributed by atoms with Crippen LogP contribution >= 0.6 is 0 Å². The second kappa shape index (κ2) is 7.32. The second-order valence-electron chi connectivity index (χ2n) is 7.92. The quantitative estimate of drug-likeness (QED) is 0.591. The van der Waals surface area contributed by atoms with Gasteiger partial charge in [0.1, 0.15) is 5.82 Å². The van der Waals surface area contributed by atoms with Crippen LogP contribution in [0.5, 0.6) is 11.5 Å². The fourth-order valence-electron chi connectivity index (χ4n) is 1.70. The Morgan fingerprint density at radius 2 is 1.33 bits per heavy atom. The highest BCUT2D eigenvalue weighted by atomic mass is 18.2. The molecule has 4 nitrogen and oxygen atoms in total. The molecule has 134 valence electrons. The number of benzene rings is 1. The van der Waals surface area contributed by atoms with Crippen molar-refractivity contribution in [3.05, 3.63) is 23.5 Å². The van der Waals surface area contributed by atoms with Gasteiger partial charge >= 0.3 is 11.9 Å². The fraction of sp³-hybridized carbons (Fsp3) is 0.579. The molecule has 0 unspecified atom stereocenters. The van der Waals surface area contributed by atoms with Crippen LogP contribution < -0.4 is 9.47 Å². The summed E-state index contributed by atoms with van der Waals surface area (Å²) in [7, 11) is 0. The summed E-state index contributed by atoms with van der Waals surface area (Å²) in [5.41, 5.74) is -1.07. The highest BCUT2D eigenvalue weighted by Gasteiger charge is 2.28. The van der Waals surface area contributed by atoms with Gasteiger partial charge in [0.05, 0.1) is 10.8 Å². The van der Waals surface area contributed by atoms with E-state index in [1.807, 2.05) is 6.92 Å². The Labute approximate surface area is 143 Å².